The maximum Gasteiger partial charge on any atom is 0.259 e. The first-order chi connectivity index (χ1) is 11.8. The van der Waals surface area contributed by atoms with E-state index in [0.717, 1.165) is 35.7 Å². The zero-order chi connectivity index (χ0) is 16.4. The molecule has 0 aliphatic carbocycles. The molecule has 1 fully saturated rings. The molecule has 1 saturated heterocycles. The Morgan fingerprint density at radius 3 is 2.67 bits per heavy atom. The van der Waals surface area contributed by atoms with E-state index in [2.05, 4.69) is 25.0 Å². The molecule has 0 N–H and O–H groups in total. The Labute approximate surface area is 140 Å². The number of hydrogen-bond acceptors (Lipinski definition) is 6. The van der Waals surface area contributed by atoms with Gasteiger partial charge in [-0.05, 0) is 50.5 Å². The first-order valence-electron chi connectivity index (χ1n) is 8.28. The lowest BCUT2D eigenvalue weighted by molar-refractivity contribution is 0.432. The Morgan fingerprint density at radius 1 is 1.00 bits per heavy atom. The molecular formula is C18H19N5O. The molecule has 0 unspecified atom stereocenters. The Kier molecular flexibility index (Phi) is 3.94. The predicted molar refractivity (Wildman–Crippen MR) is 91.6 cm³/mol. The number of rotatable bonds is 3. The van der Waals surface area contributed by atoms with E-state index >= 15 is 0 Å². The number of nitrogens with zero attached hydrogens (tertiary/aromatic N) is 5. The second-order valence-corrected chi connectivity index (χ2v) is 6.06. The molecule has 6 heteroatoms. The lowest BCUT2D eigenvalue weighted by atomic mass is 10.1. The topological polar surface area (TPSA) is 67.9 Å². The molecule has 3 aromatic rings. The smallest absolute Gasteiger partial charge is 0.259 e. The molecule has 4 heterocycles. The van der Waals surface area contributed by atoms with E-state index in [1.54, 1.807) is 6.20 Å². The van der Waals surface area contributed by atoms with Gasteiger partial charge in [-0.25, -0.2) is 4.98 Å². The van der Waals surface area contributed by atoms with Gasteiger partial charge in [0.15, 0.2) is 0 Å². The van der Waals surface area contributed by atoms with Crippen molar-refractivity contribution in [1.29, 1.82) is 0 Å². The summed E-state index contributed by atoms with van der Waals surface area (Å²) < 4.78 is 5.40. The summed E-state index contributed by atoms with van der Waals surface area (Å²) in [4.78, 5) is 15.6. The fourth-order valence-corrected chi connectivity index (χ4v) is 2.91. The summed E-state index contributed by atoms with van der Waals surface area (Å²) in [7, 11) is 0. The van der Waals surface area contributed by atoms with Crippen molar-refractivity contribution in [2.24, 2.45) is 0 Å². The van der Waals surface area contributed by atoms with Crippen LogP contribution in [0.2, 0.25) is 0 Å². The third-order valence-electron chi connectivity index (χ3n) is 4.27. The second-order valence-electron chi connectivity index (χ2n) is 6.06. The number of aryl methyl sites for hydroxylation is 1. The Bertz CT molecular complexity index is 821. The van der Waals surface area contributed by atoms with Crippen LogP contribution in [0.25, 0.3) is 22.8 Å². The summed E-state index contributed by atoms with van der Waals surface area (Å²) in [6.45, 7) is 4.06. The second kappa shape index (κ2) is 6.39. The number of aromatic nitrogens is 4. The number of piperidine rings is 1. The molecule has 0 bridgehead atoms. The normalized spacial score (nSPS) is 14.8. The van der Waals surface area contributed by atoms with Gasteiger partial charge in [-0.2, -0.15) is 4.98 Å². The molecule has 6 nitrogen and oxygen atoms in total. The van der Waals surface area contributed by atoms with Crippen LogP contribution < -0.4 is 4.90 Å². The van der Waals surface area contributed by atoms with Crippen LogP contribution in [-0.2, 0) is 0 Å². The Hall–Kier alpha value is -2.76. The zero-order valence-electron chi connectivity index (χ0n) is 13.6. The standard InChI is InChI=1S/C18H19N5O/c1-13-5-6-15(12-20-13)18-21-17(22-24-18)14-7-8-19-16(11-14)23-9-3-2-4-10-23/h5-8,11-12H,2-4,9-10H2,1H3. The molecule has 0 saturated carbocycles. The van der Waals surface area contributed by atoms with Gasteiger partial charge >= 0.3 is 0 Å². The maximum absolute atomic E-state index is 5.40. The number of anilines is 1. The monoisotopic (exact) mass is 321 g/mol. The maximum atomic E-state index is 5.40. The van der Waals surface area contributed by atoms with E-state index in [1.165, 1.54) is 19.3 Å². The van der Waals surface area contributed by atoms with E-state index in [1.807, 2.05) is 37.4 Å². The van der Waals surface area contributed by atoms with Gasteiger partial charge in [-0.15, -0.1) is 0 Å². The van der Waals surface area contributed by atoms with Crippen LogP contribution >= 0.6 is 0 Å². The van der Waals surface area contributed by atoms with Gasteiger partial charge in [0.2, 0.25) is 5.82 Å². The van der Waals surface area contributed by atoms with Gasteiger partial charge < -0.3 is 9.42 Å². The Morgan fingerprint density at radius 2 is 1.88 bits per heavy atom. The van der Waals surface area contributed by atoms with Crippen molar-refractivity contribution < 1.29 is 4.52 Å². The third kappa shape index (κ3) is 2.99. The van der Waals surface area contributed by atoms with Gasteiger partial charge in [-0.3, -0.25) is 4.98 Å². The molecule has 0 radical (unpaired) electrons. The van der Waals surface area contributed by atoms with Crippen molar-refractivity contribution in [3.05, 3.63) is 42.4 Å². The molecule has 0 amide bonds. The van der Waals surface area contributed by atoms with Crippen LogP contribution in [0.1, 0.15) is 25.0 Å². The van der Waals surface area contributed by atoms with Gasteiger partial charge in [0.05, 0.1) is 5.56 Å². The zero-order valence-corrected chi connectivity index (χ0v) is 13.6. The molecule has 4 rings (SSSR count). The molecule has 3 aromatic heterocycles. The van der Waals surface area contributed by atoms with E-state index in [0.29, 0.717) is 11.7 Å². The largest absolute Gasteiger partial charge is 0.357 e. The third-order valence-corrected chi connectivity index (χ3v) is 4.27. The minimum atomic E-state index is 0.480. The number of pyridine rings is 2. The van der Waals surface area contributed by atoms with Crippen LogP contribution in [-0.4, -0.2) is 33.2 Å². The molecule has 122 valence electrons. The number of hydrogen-bond donors (Lipinski definition) is 0. The summed E-state index contributed by atoms with van der Waals surface area (Å²) in [6, 6.07) is 7.81. The van der Waals surface area contributed by atoms with Gasteiger partial charge in [0.1, 0.15) is 5.82 Å². The van der Waals surface area contributed by atoms with Gasteiger partial charge in [-0.1, -0.05) is 5.16 Å². The first-order valence-corrected chi connectivity index (χ1v) is 8.28. The van der Waals surface area contributed by atoms with Crippen molar-refractivity contribution in [1.82, 2.24) is 20.1 Å². The molecule has 24 heavy (non-hydrogen) atoms. The molecule has 1 aliphatic heterocycles. The fraction of sp³-hybridized carbons (Fsp3) is 0.333. The predicted octanol–water partition coefficient (Wildman–Crippen LogP) is 3.49. The SMILES string of the molecule is Cc1ccc(-c2nc(-c3ccnc(N4CCCCC4)c3)no2)cn1. The lowest BCUT2D eigenvalue weighted by Gasteiger charge is -2.27. The van der Waals surface area contributed by atoms with E-state index in [9.17, 15) is 0 Å². The van der Waals surface area contributed by atoms with Crippen molar-refractivity contribution in [2.75, 3.05) is 18.0 Å². The summed E-state index contributed by atoms with van der Waals surface area (Å²) >= 11 is 0. The highest BCUT2D eigenvalue weighted by Crippen LogP contribution is 2.25. The van der Waals surface area contributed by atoms with Crippen molar-refractivity contribution in [3.8, 4) is 22.8 Å². The van der Waals surface area contributed by atoms with E-state index in [4.69, 9.17) is 4.52 Å². The molecule has 0 aromatic carbocycles. The Balaban J connectivity index is 1.61. The highest BCUT2D eigenvalue weighted by Gasteiger charge is 2.15. The van der Waals surface area contributed by atoms with Crippen LogP contribution in [0.4, 0.5) is 5.82 Å². The van der Waals surface area contributed by atoms with Crippen molar-refractivity contribution in [3.63, 3.8) is 0 Å². The van der Waals surface area contributed by atoms with Crippen LogP contribution in [0.5, 0.6) is 0 Å². The van der Waals surface area contributed by atoms with Gasteiger partial charge in [0, 0.05) is 36.7 Å². The van der Waals surface area contributed by atoms with Crippen molar-refractivity contribution in [2.45, 2.75) is 26.2 Å². The summed E-state index contributed by atoms with van der Waals surface area (Å²) in [6.07, 6.45) is 7.30. The lowest BCUT2D eigenvalue weighted by Crippen LogP contribution is -2.30. The average Bonchev–Trinajstić information content (AvgIpc) is 3.13. The van der Waals surface area contributed by atoms with Crippen LogP contribution in [0, 0.1) is 6.92 Å². The fourth-order valence-electron chi connectivity index (χ4n) is 2.91. The minimum absolute atomic E-state index is 0.480. The molecule has 1 aliphatic rings. The molecule has 0 atom stereocenters. The summed E-state index contributed by atoms with van der Waals surface area (Å²) in [5.74, 6) is 2.04. The summed E-state index contributed by atoms with van der Waals surface area (Å²) in [5, 5.41) is 4.11. The van der Waals surface area contributed by atoms with E-state index in [-0.39, 0.29) is 0 Å². The van der Waals surface area contributed by atoms with Crippen LogP contribution in [0.15, 0.2) is 41.2 Å². The molecular weight excluding hydrogens is 302 g/mol. The van der Waals surface area contributed by atoms with Gasteiger partial charge in [0.25, 0.3) is 5.89 Å². The minimum Gasteiger partial charge on any atom is -0.357 e. The van der Waals surface area contributed by atoms with Crippen molar-refractivity contribution >= 4 is 5.82 Å². The summed E-state index contributed by atoms with van der Waals surface area (Å²) in [5.41, 5.74) is 2.70. The average molecular weight is 321 g/mol. The highest BCUT2D eigenvalue weighted by atomic mass is 16.5. The van der Waals surface area contributed by atoms with Crippen LogP contribution in [0.3, 0.4) is 0 Å². The molecule has 0 spiro atoms. The highest BCUT2D eigenvalue weighted by molar-refractivity contribution is 5.62. The first kappa shape index (κ1) is 14.8. The van der Waals surface area contributed by atoms with E-state index < -0.39 is 0 Å². The quantitative estimate of drug-likeness (QED) is 0.735.